The zero-order valence-electron chi connectivity index (χ0n) is 15.3. The fourth-order valence-electron chi connectivity index (χ4n) is 2.08. The highest BCUT2D eigenvalue weighted by atomic mass is 28.4. The minimum Gasteiger partial charge on any atom is -0.463 e. The number of carbonyl (C=O) groups excluding carboxylic acids is 2. The Morgan fingerprint density at radius 1 is 1.13 bits per heavy atom. The van der Waals surface area contributed by atoms with Crippen molar-refractivity contribution in [1.29, 1.82) is 0 Å². The summed E-state index contributed by atoms with van der Waals surface area (Å²) in [5.41, 5.74) is 0.0796. The van der Waals surface area contributed by atoms with Crippen LogP contribution in [0, 0.1) is 5.41 Å². The molecule has 0 aromatic rings. The Bertz CT molecular complexity index is 388. The summed E-state index contributed by atoms with van der Waals surface area (Å²) in [6, 6.07) is 0.915. The molecule has 0 unspecified atom stereocenters. The fourth-order valence-corrected chi connectivity index (χ4v) is 3.79. The summed E-state index contributed by atoms with van der Waals surface area (Å²) < 4.78 is 15.9. The minimum absolute atomic E-state index is 0.0796. The Morgan fingerprint density at radius 2 is 1.74 bits per heavy atom. The summed E-state index contributed by atoms with van der Waals surface area (Å²) in [4.78, 5) is 22.8. The molecule has 0 aromatic carbocycles. The van der Waals surface area contributed by atoms with Crippen LogP contribution in [0.15, 0.2) is 12.7 Å². The van der Waals surface area contributed by atoms with Crippen LogP contribution in [0.3, 0.4) is 0 Å². The zero-order chi connectivity index (χ0) is 17.9. The molecule has 0 amide bonds. The van der Waals surface area contributed by atoms with Crippen molar-refractivity contribution in [2.75, 3.05) is 20.8 Å². The topological polar surface area (TPSA) is 61.8 Å². The van der Waals surface area contributed by atoms with Crippen LogP contribution in [0.25, 0.3) is 0 Å². The third-order valence-electron chi connectivity index (χ3n) is 4.21. The Labute approximate surface area is 141 Å². The van der Waals surface area contributed by atoms with Gasteiger partial charge in [0.15, 0.2) is 0 Å². The number of ether oxygens (including phenoxy) is 1. The van der Waals surface area contributed by atoms with E-state index in [1.54, 1.807) is 14.2 Å². The molecule has 134 valence electrons. The van der Waals surface area contributed by atoms with Gasteiger partial charge in [-0.15, -0.1) is 0 Å². The molecule has 0 aliphatic rings. The fraction of sp³-hybridized carbons (Fsp3) is 0.765. The first kappa shape index (κ1) is 22.0. The molecule has 0 fully saturated rings. The molecule has 0 spiro atoms. The van der Waals surface area contributed by atoms with Gasteiger partial charge in [0, 0.05) is 33.1 Å². The number of carbonyl (C=O) groups is 2. The average Bonchev–Trinajstić information content (AvgIpc) is 2.54. The highest BCUT2D eigenvalue weighted by molar-refractivity contribution is 6.65. The largest absolute Gasteiger partial charge is 0.463 e. The van der Waals surface area contributed by atoms with Crippen molar-refractivity contribution < 1.29 is 23.2 Å². The van der Waals surface area contributed by atoms with Gasteiger partial charge in [0.2, 0.25) is 0 Å². The molecular formula is C17H32O5Si. The van der Waals surface area contributed by atoms with Gasteiger partial charge in [-0.1, -0.05) is 20.4 Å². The summed E-state index contributed by atoms with van der Waals surface area (Å²) >= 11 is 0. The van der Waals surface area contributed by atoms with Crippen molar-refractivity contribution in [2.24, 2.45) is 5.41 Å². The van der Waals surface area contributed by atoms with Gasteiger partial charge in [-0.3, -0.25) is 4.79 Å². The van der Waals surface area contributed by atoms with Gasteiger partial charge < -0.3 is 13.6 Å². The molecule has 0 aromatic heterocycles. The van der Waals surface area contributed by atoms with Crippen molar-refractivity contribution in [3.05, 3.63) is 12.7 Å². The molecule has 0 radical (unpaired) electrons. The second-order valence-corrected chi connectivity index (χ2v) is 10.3. The van der Waals surface area contributed by atoms with E-state index in [-0.39, 0.29) is 17.8 Å². The van der Waals surface area contributed by atoms with Crippen LogP contribution in [0.4, 0.5) is 0 Å². The second kappa shape index (κ2) is 10.7. The Balaban J connectivity index is 4.01. The lowest BCUT2D eigenvalue weighted by atomic mass is 9.84. The Morgan fingerprint density at radius 3 is 2.26 bits per heavy atom. The lowest BCUT2D eigenvalue weighted by Gasteiger charge is -2.29. The maximum atomic E-state index is 11.9. The molecule has 0 rings (SSSR count). The van der Waals surface area contributed by atoms with Crippen LogP contribution in [-0.4, -0.2) is 41.1 Å². The zero-order valence-corrected chi connectivity index (χ0v) is 16.3. The van der Waals surface area contributed by atoms with E-state index in [0.29, 0.717) is 19.3 Å². The van der Waals surface area contributed by atoms with Gasteiger partial charge in [0.25, 0.3) is 0 Å². The maximum absolute atomic E-state index is 11.9. The molecule has 23 heavy (non-hydrogen) atoms. The van der Waals surface area contributed by atoms with Crippen molar-refractivity contribution in [1.82, 2.24) is 0 Å². The van der Waals surface area contributed by atoms with Gasteiger partial charge in [0.05, 0.1) is 6.61 Å². The number of esters is 1. The predicted molar refractivity (Wildman–Crippen MR) is 93.5 cm³/mol. The first-order valence-corrected chi connectivity index (χ1v) is 10.6. The normalized spacial score (nSPS) is 12.0. The van der Waals surface area contributed by atoms with E-state index in [2.05, 4.69) is 27.0 Å². The number of hydrogen-bond acceptors (Lipinski definition) is 5. The van der Waals surface area contributed by atoms with E-state index in [9.17, 15) is 9.59 Å². The quantitative estimate of drug-likeness (QED) is 0.221. The van der Waals surface area contributed by atoms with Gasteiger partial charge in [0.1, 0.15) is 5.78 Å². The van der Waals surface area contributed by atoms with E-state index >= 15 is 0 Å². The molecule has 0 bridgehead atoms. The summed E-state index contributed by atoms with van der Waals surface area (Å²) in [6.07, 6.45) is 4.51. The van der Waals surface area contributed by atoms with Crippen LogP contribution >= 0.6 is 0 Å². The minimum atomic E-state index is -2.05. The van der Waals surface area contributed by atoms with E-state index in [0.717, 1.165) is 25.0 Å². The van der Waals surface area contributed by atoms with E-state index < -0.39 is 14.5 Å². The molecule has 0 heterocycles. The standard InChI is InChI=1S/C17H32O5Si/c1-7-16(19)22-13-8-9-15(18)10-11-17(2,3)12-14-23(6,20-4)21-5/h7H,1,8-14H2,2-6H3. The second-order valence-electron chi connectivity index (χ2n) is 6.72. The predicted octanol–water partition coefficient (Wildman–Crippen LogP) is 3.63. The molecule has 0 atom stereocenters. The number of hydrogen-bond donors (Lipinski definition) is 0. The van der Waals surface area contributed by atoms with Crippen molar-refractivity contribution in [3.8, 4) is 0 Å². The monoisotopic (exact) mass is 344 g/mol. The van der Waals surface area contributed by atoms with Crippen molar-refractivity contribution in [2.45, 2.75) is 58.5 Å². The first-order valence-electron chi connectivity index (χ1n) is 8.09. The van der Waals surface area contributed by atoms with Gasteiger partial charge >= 0.3 is 14.5 Å². The van der Waals surface area contributed by atoms with Gasteiger partial charge in [-0.25, -0.2) is 4.79 Å². The Hall–Kier alpha value is -0.983. The Kier molecular flexibility index (Phi) is 10.3. The molecular weight excluding hydrogens is 312 g/mol. The summed E-state index contributed by atoms with van der Waals surface area (Å²) in [7, 11) is 1.35. The van der Waals surface area contributed by atoms with Crippen LogP contribution in [0.1, 0.15) is 46.0 Å². The average molecular weight is 345 g/mol. The number of Topliss-reactive ketones (excluding diaryl/α,β-unsaturated/α-hetero) is 1. The first-order chi connectivity index (χ1) is 10.7. The van der Waals surface area contributed by atoms with Crippen molar-refractivity contribution in [3.63, 3.8) is 0 Å². The SMILES string of the molecule is C=CC(=O)OCCCC(=O)CCC(C)(C)CC[Si](C)(OC)OC. The van der Waals surface area contributed by atoms with Crippen LogP contribution in [0.5, 0.6) is 0 Å². The van der Waals surface area contributed by atoms with E-state index in [1.807, 2.05) is 0 Å². The lowest BCUT2D eigenvalue weighted by Crippen LogP contribution is -2.37. The van der Waals surface area contributed by atoms with Crippen LogP contribution in [-0.2, 0) is 23.2 Å². The third-order valence-corrected chi connectivity index (χ3v) is 7.10. The molecule has 0 N–H and O–H groups in total. The van der Waals surface area contributed by atoms with Gasteiger partial charge in [-0.05, 0) is 37.3 Å². The van der Waals surface area contributed by atoms with Crippen LogP contribution < -0.4 is 0 Å². The number of ketones is 1. The summed E-state index contributed by atoms with van der Waals surface area (Å²) in [5.74, 6) is -0.228. The smallest absolute Gasteiger partial charge is 0.334 e. The molecule has 5 nitrogen and oxygen atoms in total. The summed E-state index contributed by atoms with van der Waals surface area (Å²) in [6.45, 7) is 9.99. The van der Waals surface area contributed by atoms with Crippen LogP contribution in [0.2, 0.25) is 12.6 Å². The number of rotatable bonds is 13. The lowest BCUT2D eigenvalue weighted by molar-refractivity contribution is -0.138. The highest BCUT2D eigenvalue weighted by Gasteiger charge is 2.31. The van der Waals surface area contributed by atoms with E-state index in [4.69, 9.17) is 13.6 Å². The molecule has 0 aliphatic heterocycles. The molecule has 0 saturated heterocycles. The third kappa shape index (κ3) is 10.4. The van der Waals surface area contributed by atoms with Crippen molar-refractivity contribution >= 4 is 20.3 Å². The molecule has 6 heteroatoms. The highest BCUT2D eigenvalue weighted by Crippen LogP contribution is 2.32. The van der Waals surface area contributed by atoms with E-state index in [1.165, 1.54) is 0 Å². The molecule has 0 aliphatic carbocycles. The molecule has 0 saturated carbocycles. The maximum Gasteiger partial charge on any atom is 0.334 e. The summed E-state index contributed by atoms with van der Waals surface area (Å²) in [5, 5.41) is 0. The van der Waals surface area contributed by atoms with Gasteiger partial charge in [-0.2, -0.15) is 0 Å².